The Morgan fingerprint density at radius 3 is 1.67 bits per heavy atom. The van der Waals surface area contributed by atoms with Crippen LogP contribution in [-0.2, 0) is 0 Å². The Hall–Kier alpha value is -0.0800. The van der Waals surface area contributed by atoms with Crippen LogP contribution in [0.3, 0.4) is 0 Å². The molecule has 0 aliphatic rings. The summed E-state index contributed by atoms with van der Waals surface area (Å²) < 4.78 is 0. The molecule has 2 heteroatoms. The Kier molecular flexibility index (Phi) is 2.25. The van der Waals surface area contributed by atoms with Gasteiger partial charge < -0.3 is 10.8 Å². The number of nitrogens with two attached hydrogens (primary N) is 1. The molecule has 0 aliphatic carbocycles. The van der Waals surface area contributed by atoms with Gasteiger partial charge in [0, 0.05) is 5.41 Å². The van der Waals surface area contributed by atoms with Crippen molar-refractivity contribution in [1.82, 2.24) is 0 Å². The van der Waals surface area contributed by atoms with Crippen LogP contribution in [0.1, 0.15) is 34.1 Å². The van der Waals surface area contributed by atoms with E-state index in [1.165, 1.54) is 0 Å². The number of hydrogen-bond donors (Lipinski definition) is 2. The number of aliphatic hydroxyl groups is 1. The molecule has 0 fully saturated rings. The third-order valence-corrected chi connectivity index (χ3v) is 2.25. The van der Waals surface area contributed by atoms with Crippen LogP contribution in [0.15, 0.2) is 0 Å². The third-order valence-electron chi connectivity index (χ3n) is 2.25. The van der Waals surface area contributed by atoms with Crippen molar-refractivity contribution in [2.24, 2.45) is 11.1 Å². The standard InChI is InChI=1S/C7H17NO/c1-5-6(2,3)7(4,8)9/h9H,5,8H2,1-4H3. The second-order valence-electron chi connectivity index (χ2n) is 3.38. The lowest BCUT2D eigenvalue weighted by atomic mass is 9.80. The highest BCUT2D eigenvalue weighted by molar-refractivity contribution is 4.82. The molecule has 0 saturated heterocycles. The van der Waals surface area contributed by atoms with Gasteiger partial charge in [0.25, 0.3) is 0 Å². The highest BCUT2D eigenvalue weighted by Crippen LogP contribution is 2.29. The Balaban J connectivity index is 4.14. The first-order valence-electron chi connectivity index (χ1n) is 3.32. The number of hydrogen-bond acceptors (Lipinski definition) is 2. The first kappa shape index (κ1) is 8.92. The van der Waals surface area contributed by atoms with Gasteiger partial charge in [-0.2, -0.15) is 0 Å². The van der Waals surface area contributed by atoms with E-state index in [-0.39, 0.29) is 5.41 Å². The molecule has 3 N–H and O–H groups in total. The zero-order chi connectivity index (χ0) is 7.71. The lowest BCUT2D eigenvalue weighted by Gasteiger charge is -2.35. The number of rotatable bonds is 2. The summed E-state index contributed by atoms with van der Waals surface area (Å²) in [6, 6.07) is 0. The normalized spacial score (nSPS) is 19.3. The predicted molar refractivity (Wildman–Crippen MR) is 38.9 cm³/mol. The largest absolute Gasteiger partial charge is 0.376 e. The van der Waals surface area contributed by atoms with Crippen molar-refractivity contribution in [2.45, 2.75) is 39.8 Å². The summed E-state index contributed by atoms with van der Waals surface area (Å²) in [6.45, 7) is 7.55. The lowest BCUT2D eigenvalue weighted by molar-refractivity contribution is -0.0477. The van der Waals surface area contributed by atoms with Crippen LogP contribution in [0, 0.1) is 5.41 Å². The minimum atomic E-state index is -1.05. The minimum absolute atomic E-state index is 0.188. The summed E-state index contributed by atoms with van der Waals surface area (Å²) in [7, 11) is 0. The fourth-order valence-corrected chi connectivity index (χ4v) is 0.358. The van der Waals surface area contributed by atoms with Crippen LogP contribution in [0.25, 0.3) is 0 Å². The SMILES string of the molecule is CCC(C)(C)C(C)(N)O. The predicted octanol–water partition coefficient (Wildman–Crippen LogP) is 1.09. The topological polar surface area (TPSA) is 46.2 Å². The van der Waals surface area contributed by atoms with Gasteiger partial charge in [-0.05, 0) is 13.3 Å². The molecule has 0 heterocycles. The summed E-state index contributed by atoms with van der Waals surface area (Å²) in [6.07, 6.45) is 0.885. The van der Waals surface area contributed by atoms with Gasteiger partial charge in [-0.1, -0.05) is 20.8 Å². The van der Waals surface area contributed by atoms with Crippen molar-refractivity contribution in [2.75, 3.05) is 0 Å². The third kappa shape index (κ3) is 1.95. The maximum atomic E-state index is 9.32. The maximum absolute atomic E-state index is 9.32. The minimum Gasteiger partial charge on any atom is -0.376 e. The Morgan fingerprint density at radius 2 is 1.67 bits per heavy atom. The van der Waals surface area contributed by atoms with Crippen LogP contribution >= 0.6 is 0 Å². The van der Waals surface area contributed by atoms with E-state index < -0.39 is 5.72 Å². The van der Waals surface area contributed by atoms with Crippen LogP contribution in [-0.4, -0.2) is 10.8 Å². The monoisotopic (exact) mass is 131 g/mol. The summed E-state index contributed by atoms with van der Waals surface area (Å²) in [5.74, 6) is 0. The van der Waals surface area contributed by atoms with Crippen molar-refractivity contribution in [3.8, 4) is 0 Å². The van der Waals surface area contributed by atoms with E-state index in [4.69, 9.17) is 5.73 Å². The maximum Gasteiger partial charge on any atom is 0.115 e. The van der Waals surface area contributed by atoms with Crippen molar-refractivity contribution < 1.29 is 5.11 Å². The molecule has 56 valence electrons. The van der Waals surface area contributed by atoms with E-state index in [0.717, 1.165) is 6.42 Å². The van der Waals surface area contributed by atoms with Gasteiger partial charge in [-0.3, -0.25) is 0 Å². The molecular formula is C7H17NO. The van der Waals surface area contributed by atoms with Gasteiger partial charge in [-0.25, -0.2) is 0 Å². The van der Waals surface area contributed by atoms with E-state index in [1.54, 1.807) is 6.92 Å². The molecule has 0 bridgehead atoms. The van der Waals surface area contributed by atoms with E-state index in [1.807, 2.05) is 20.8 Å². The average Bonchev–Trinajstić information content (AvgIpc) is 1.64. The molecule has 0 saturated carbocycles. The highest BCUT2D eigenvalue weighted by atomic mass is 16.3. The molecule has 0 aromatic rings. The van der Waals surface area contributed by atoms with E-state index in [9.17, 15) is 5.11 Å². The van der Waals surface area contributed by atoms with Crippen LogP contribution in [0.5, 0.6) is 0 Å². The molecule has 0 aliphatic heterocycles. The van der Waals surface area contributed by atoms with Crippen LogP contribution in [0.2, 0.25) is 0 Å². The van der Waals surface area contributed by atoms with Gasteiger partial charge in [0.1, 0.15) is 5.72 Å². The molecule has 0 rings (SSSR count). The van der Waals surface area contributed by atoms with Gasteiger partial charge in [0.05, 0.1) is 0 Å². The molecule has 9 heavy (non-hydrogen) atoms. The van der Waals surface area contributed by atoms with Gasteiger partial charge >= 0.3 is 0 Å². The van der Waals surface area contributed by atoms with Crippen LogP contribution < -0.4 is 5.73 Å². The summed E-state index contributed by atoms with van der Waals surface area (Å²) in [4.78, 5) is 0. The Morgan fingerprint density at radius 1 is 1.33 bits per heavy atom. The van der Waals surface area contributed by atoms with Crippen molar-refractivity contribution in [3.05, 3.63) is 0 Å². The molecule has 0 amide bonds. The van der Waals surface area contributed by atoms with E-state index >= 15 is 0 Å². The van der Waals surface area contributed by atoms with Gasteiger partial charge in [0.15, 0.2) is 0 Å². The second kappa shape index (κ2) is 2.27. The Labute approximate surface area is 57.1 Å². The van der Waals surface area contributed by atoms with Crippen molar-refractivity contribution in [3.63, 3.8) is 0 Å². The Bertz CT molecular complexity index is 91.6. The molecule has 0 radical (unpaired) electrons. The van der Waals surface area contributed by atoms with Crippen LogP contribution in [0.4, 0.5) is 0 Å². The summed E-state index contributed by atoms with van der Waals surface area (Å²) >= 11 is 0. The lowest BCUT2D eigenvalue weighted by Crippen LogP contribution is -2.49. The fourth-order valence-electron chi connectivity index (χ4n) is 0.358. The van der Waals surface area contributed by atoms with E-state index in [0.29, 0.717) is 0 Å². The molecule has 1 unspecified atom stereocenters. The summed E-state index contributed by atoms with van der Waals surface area (Å²) in [5.41, 5.74) is 4.24. The fraction of sp³-hybridized carbons (Fsp3) is 1.00. The molecule has 0 aromatic heterocycles. The molecular weight excluding hydrogens is 114 g/mol. The smallest absolute Gasteiger partial charge is 0.115 e. The quantitative estimate of drug-likeness (QED) is 0.551. The average molecular weight is 131 g/mol. The van der Waals surface area contributed by atoms with Crippen molar-refractivity contribution in [1.29, 1.82) is 0 Å². The van der Waals surface area contributed by atoms with Gasteiger partial charge in [-0.15, -0.1) is 0 Å². The molecule has 2 nitrogen and oxygen atoms in total. The van der Waals surface area contributed by atoms with Crippen molar-refractivity contribution >= 4 is 0 Å². The second-order valence-corrected chi connectivity index (χ2v) is 3.38. The van der Waals surface area contributed by atoms with E-state index in [2.05, 4.69) is 0 Å². The highest BCUT2D eigenvalue weighted by Gasteiger charge is 2.33. The zero-order valence-corrected chi connectivity index (χ0v) is 6.73. The summed E-state index contributed by atoms with van der Waals surface area (Å²) in [5, 5.41) is 9.32. The molecule has 0 spiro atoms. The first-order chi connectivity index (χ1) is 3.81. The molecule has 1 atom stereocenters. The first-order valence-corrected chi connectivity index (χ1v) is 3.32. The van der Waals surface area contributed by atoms with Gasteiger partial charge in [0.2, 0.25) is 0 Å². The zero-order valence-electron chi connectivity index (χ0n) is 6.73. The molecule has 0 aromatic carbocycles.